The first kappa shape index (κ1) is 21.1. The van der Waals surface area contributed by atoms with Gasteiger partial charge in [-0.05, 0) is 12.3 Å². The quantitative estimate of drug-likeness (QED) is 0.335. The summed E-state index contributed by atoms with van der Waals surface area (Å²) in [5.74, 6) is 0.952. The predicted molar refractivity (Wildman–Crippen MR) is 94.1 cm³/mol. The van der Waals surface area contributed by atoms with Crippen molar-refractivity contribution in [2.45, 2.75) is 76.7 Å². The smallest absolute Gasteiger partial charge is 0.329 e. The zero-order chi connectivity index (χ0) is 17.3. The van der Waals surface area contributed by atoms with Crippen molar-refractivity contribution in [2.75, 3.05) is 27.7 Å². The normalized spacial score (nSPS) is 19.0. The summed E-state index contributed by atoms with van der Waals surface area (Å²) in [6, 6.07) is 0. The van der Waals surface area contributed by atoms with Crippen LogP contribution in [0.2, 0.25) is 0 Å². The second kappa shape index (κ2) is 10.1. The maximum atomic E-state index is 11.1. The summed E-state index contributed by atoms with van der Waals surface area (Å²) < 4.78 is 16.7. The minimum Gasteiger partial charge on any atom is -0.329 e. The van der Waals surface area contributed by atoms with Crippen molar-refractivity contribution in [1.82, 2.24) is 0 Å². The molecule has 1 saturated carbocycles. The van der Waals surface area contributed by atoms with Crippen LogP contribution in [0, 0.1) is 5.92 Å². The van der Waals surface area contributed by atoms with Gasteiger partial charge in [0, 0.05) is 0 Å². The second-order valence-electron chi connectivity index (χ2n) is 8.19. The minimum atomic E-state index is -4.40. The summed E-state index contributed by atoms with van der Waals surface area (Å²) in [5.41, 5.74) is 0. The van der Waals surface area contributed by atoms with Gasteiger partial charge in [0.25, 0.3) is 0 Å². The molecule has 23 heavy (non-hydrogen) atoms. The van der Waals surface area contributed by atoms with Gasteiger partial charge in [0.05, 0.1) is 21.1 Å². The van der Waals surface area contributed by atoms with Crippen LogP contribution in [-0.4, -0.2) is 48.1 Å². The molecule has 0 spiro atoms. The number of nitrogens with zero attached hydrogens (tertiary/aromatic N) is 1. The van der Waals surface area contributed by atoms with Crippen molar-refractivity contribution >= 4 is 7.82 Å². The molecule has 1 rings (SSSR count). The average Bonchev–Trinajstić information content (AvgIpc) is 2.40. The largest absolute Gasteiger partial charge is 0.470 e. The summed E-state index contributed by atoms with van der Waals surface area (Å²) in [6.45, 7) is 0.618. The Morgan fingerprint density at radius 3 is 2.22 bits per heavy atom. The Bertz CT molecular complexity index is 358. The van der Waals surface area contributed by atoms with Crippen LogP contribution in [0.25, 0.3) is 0 Å². The molecule has 1 fully saturated rings. The molecule has 138 valence electrons. The van der Waals surface area contributed by atoms with Crippen molar-refractivity contribution < 1.29 is 23.4 Å². The molecule has 0 bridgehead atoms. The summed E-state index contributed by atoms with van der Waals surface area (Å²) >= 11 is 0. The van der Waals surface area contributed by atoms with Crippen LogP contribution >= 0.6 is 7.82 Å². The molecular weight excluding hydrogens is 313 g/mol. The molecule has 1 aliphatic rings. The van der Waals surface area contributed by atoms with Gasteiger partial charge in [0.2, 0.25) is 0 Å². The lowest BCUT2D eigenvalue weighted by Gasteiger charge is -2.29. The van der Waals surface area contributed by atoms with Crippen molar-refractivity contribution in [1.29, 1.82) is 0 Å². The molecule has 1 unspecified atom stereocenters. The molecule has 0 aromatic carbocycles. The first-order valence-electron chi connectivity index (χ1n) is 9.20. The molecule has 1 atom stereocenters. The lowest BCUT2D eigenvalue weighted by molar-refractivity contribution is -0.873. The Labute approximate surface area is 142 Å². The van der Waals surface area contributed by atoms with Crippen molar-refractivity contribution in [3.8, 4) is 0 Å². The Hall–Kier alpha value is 0.0700. The summed E-state index contributed by atoms with van der Waals surface area (Å²) in [4.78, 5) is 18.1. The summed E-state index contributed by atoms with van der Waals surface area (Å²) in [5, 5.41) is 0. The Balaban J connectivity index is 2.17. The number of phosphoric ester groups is 1. The highest BCUT2D eigenvalue weighted by atomic mass is 31.2. The lowest BCUT2D eigenvalue weighted by Crippen LogP contribution is -2.42. The maximum Gasteiger partial charge on any atom is 0.470 e. The lowest BCUT2D eigenvalue weighted by atomic mass is 9.85. The van der Waals surface area contributed by atoms with Crippen LogP contribution in [0.15, 0.2) is 0 Å². The first-order valence-corrected chi connectivity index (χ1v) is 10.7. The van der Waals surface area contributed by atoms with E-state index in [9.17, 15) is 4.57 Å². The van der Waals surface area contributed by atoms with Crippen LogP contribution in [0.1, 0.15) is 70.6 Å². The van der Waals surface area contributed by atoms with Gasteiger partial charge in [0.1, 0.15) is 12.6 Å². The number of hydrogen-bond donors (Lipinski definition) is 2. The molecule has 0 saturated heterocycles. The highest BCUT2D eigenvalue weighted by Crippen LogP contribution is 2.39. The number of hydrogen-bond acceptors (Lipinski definition) is 2. The van der Waals surface area contributed by atoms with Gasteiger partial charge < -0.3 is 14.3 Å². The van der Waals surface area contributed by atoms with Gasteiger partial charge in [-0.25, -0.2) is 4.57 Å². The fraction of sp³-hybridized carbons (Fsp3) is 1.00. The van der Waals surface area contributed by atoms with Crippen molar-refractivity contribution in [2.24, 2.45) is 5.92 Å². The molecule has 0 aromatic rings. The van der Waals surface area contributed by atoms with E-state index >= 15 is 0 Å². The highest BCUT2D eigenvalue weighted by Gasteiger charge is 2.26. The van der Waals surface area contributed by atoms with E-state index in [4.69, 9.17) is 14.3 Å². The number of quaternary nitrogens is 1. The van der Waals surface area contributed by atoms with E-state index in [1.807, 2.05) is 21.1 Å². The van der Waals surface area contributed by atoms with Gasteiger partial charge in [-0.15, -0.1) is 0 Å². The highest BCUT2D eigenvalue weighted by molar-refractivity contribution is 7.46. The van der Waals surface area contributed by atoms with Crippen molar-refractivity contribution in [3.63, 3.8) is 0 Å². The molecule has 2 N–H and O–H groups in total. The fourth-order valence-corrected chi connectivity index (χ4v) is 4.18. The number of phosphoric acid groups is 1. The molecule has 0 heterocycles. The van der Waals surface area contributed by atoms with Crippen LogP contribution in [-0.2, 0) is 9.09 Å². The van der Waals surface area contributed by atoms with E-state index in [1.165, 1.54) is 51.4 Å². The predicted octanol–water partition coefficient (Wildman–Crippen LogP) is 4.09. The number of rotatable bonds is 11. The van der Waals surface area contributed by atoms with Gasteiger partial charge in [0.15, 0.2) is 0 Å². The standard InChI is InChI=1S/C17H36NO4P/c1-18(2,3)15-17(22-23(19,20)21)14-10-5-4-7-11-16-12-8-6-9-13-16/h16-17H,4-15H2,1-3H3,(H-,19,20,21)/p+1. The van der Waals surface area contributed by atoms with E-state index in [2.05, 4.69) is 0 Å². The van der Waals surface area contributed by atoms with E-state index < -0.39 is 7.82 Å². The third-order valence-corrected chi connectivity index (χ3v) is 5.22. The van der Waals surface area contributed by atoms with E-state index in [0.717, 1.165) is 25.2 Å². The minimum absolute atomic E-state index is 0.367. The van der Waals surface area contributed by atoms with E-state index in [0.29, 0.717) is 11.0 Å². The monoisotopic (exact) mass is 350 g/mol. The van der Waals surface area contributed by atoms with E-state index in [-0.39, 0.29) is 6.10 Å². The first-order chi connectivity index (χ1) is 10.7. The average molecular weight is 350 g/mol. The Morgan fingerprint density at radius 1 is 1.04 bits per heavy atom. The van der Waals surface area contributed by atoms with Crippen LogP contribution in [0.3, 0.4) is 0 Å². The van der Waals surface area contributed by atoms with Crippen LogP contribution in [0.4, 0.5) is 0 Å². The van der Waals surface area contributed by atoms with Crippen LogP contribution in [0.5, 0.6) is 0 Å². The molecule has 0 aliphatic heterocycles. The molecule has 1 aliphatic carbocycles. The zero-order valence-electron chi connectivity index (χ0n) is 15.2. The fourth-order valence-electron chi connectivity index (χ4n) is 3.62. The van der Waals surface area contributed by atoms with Gasteiger partial charge in [-0.1, -0.05) is 64.2 Å². The summed E-state index contributed by atoms with van der Waals surface area (Å²) in [6.07, 6.45) is 13.4. The topological polar surface area (TPSA) is 66.8 Å². The molecule has 5 nitrogen and oxygen atoms in total. The molecule has 0 aromatic heterocycles. The molecular formula is C17H37NO4P+. The van der Waals surface area contributed by atoms with Gasteiger partial charge in [-0.2, -0.15) is 0 Å². The Kier molecular flexibility index (Phi) is 9.32. The SMILES string of the molecule is C[N+](C)(C)CC(CCCCCCC1CCCCC1)OP(=O)(O)O. The zero-order valence-corrected chi connectivity index (χ0v) is 16.1. The maximum absolute atomic E-state index is 11.1. The van der Waals surface area contributed by atoms with Crippen molar-refractivity contribution in [3.05, 3.63) is 0 Å². The number of likely N-dealkylation sites (N-methyl/N-ethyl adjacent to an activating group) is 1. The Morgan fingerprint density at radius 2 is 1.65 bits per heavy atom. The summed E-state index contributed by atoms with van der Waals surface area (Å²) in [7, 11) is 1.64. The second-order valence-corrected chi connectivity index (χ2v) is 9.38. The molecule has 6 heteroatoms. The third-order valence-electron chi connectivity index (χ3n) is 4.65. The van der Waals surface area contributed by atoms with E-state index in [1.54, 1.807) is 0 Å². The third kappa shape index (κ3) is 12.1. The van der Waals surface area contributed by atoms with Gasteiger partial charge in [-0.3, -0.25) is 4.52 Å². The van der Waals surface area contributed by atoms with Crippen LogP contribution < -0.4 is 0 Å². The molecule has 0 amide bonds. The van der Waals surface area contributed by atoms with Gasteiger partial charge >= 0.3 is 7.82 Å². The number of unbranched alkanes of at least 4 members (excludes halogenated alkanes) is 3. The molecule has 0 radical (unpaired) electrons.